The largest absolute Gasteiger partial charge is 0.274 e. The first-order chi connectivity index (χ1) is 8.54. The molecule has 2 heterocycles. The highest BCUT2D eigenvalue weighted by molar-refractivity contribution is 14.1. The number of nitrogens with zero attached hydrogens (tertiary/aromatic N) is 3. The van der Waals surface area contributed by atoms with Crippen molar-refractivity contribution in [2.45, 2.75) is 12.5 Å². The van der Waals surface area contributed by atoms with Crippen LogP contribution in [0, 0.1) is 9.49 Å². The van der Waals surface area contributed by atoms with Crippen LogP contribution in [0.2, 0.25) is 0 Å². The summed E-state index contributed by atoms with van der Waals surface area (Å²) >= 11 is 2.18. The van der Waals surface area contributed by atoms with Gasteiger partial charge in [0.05, 0.1) is 18.2 Å². The van der Waals surface area contributed by atoms with Crippen molar-refractivity contribution in [2.75, 3.05) is 11.4 Å². The Bertz CT molecular complexity index is 569. The summed E-state index contributed by atoms with van der Waals surface area (Å²) in [4.78, 5) is 25.9. The lowest BCUT2D eigenvalue weighted by Crippen LogP contribution is -2.37. The van der Waals surface area contributed by atoms with E-state index in [0.717, 1.165) is 3.57 Å². The maximum absolute atomic E-state index is 12.4. The van der Waals surface area contributed by atoms with Gasteiger partial charge in [0.2, 0.25) is 5.91 Å². The lowest BCUT2D eigenvalue weighted by molar-refractivity contribution is -0.122. The highest BCUT2D eigenvalue weighted by Crippen LogP contribution is 2.40. The summed E-state index contributed by atoms with van der Waals surface area (Å²) < 4.78 is 1.06. The van der Waals surface area contributed by atoms with E-state index < -0.39 is 11.5 Å². The third-order valence-electron chi connectivity index (χ3n) is 3.46. The van der Waals surface area contributed by atoms with Crippen LogP contribution >= 0.6 is 22.6 Å². The van der Waals surface area contributed by atoms with Gasteiger partial charge in [0.25, 0.3) is 5.91 Å². The van der Waals surface area contributed by atoms with Crippen LogP contribution in [0.5, 0.6) is 0 Å². The molecule has 3 rings (SSSR count). The quantitative estimate of drug-likeness (QED) is 0.572. The van der Waals surface area contributed by atoms with Crippen molar-refractivity contribution >= 4 is 40.1 Å². The minimum absolute atomic E-state index is 0.200. The average Bonchev–Trinajstić information content (AvgIpc) is 2.81. The highest BCUT2D eigenvalue weighted by atomic mass is 127. The number of azo groups is 1. The van der Waals surface area contributed by atoms with E-state index >= 15 is 0 Å². The van der Waals surface area contributed by atoms with Gasteiger partial charge in [-0.3, -0.25) is 9.59 Å². The molecule has 2 aliphatic rings. The van der Waals surface area contributed by atoms with Gasteiger partial charge in [-0.15, -0.1) is 0 Å². The molecule has 92 valence electrons. The molecule has 18 heavy (non-hydrogen) atoms. The standard InChI is InChI=1S/C12H10IN3O2/c1-12-9(6-14-15-12)10(17)16(11(12)18)8-4-2-7(13)3-5-8/h2-5,9H,6H2,1H3. The van der Waals surface area contributed by atoms with E-state index in [0.29, 0.717) is 12.2 Å². The summed E-state index contributed by atoms with van der Waals surface area (Å²) in [6, 6.07) is 7.29. The number of rotatable bonds is 1. The molecule has 0 aromatic heterocycles. The Morgan fingerprint density at radius 3 is 2.61 bits per heavy atom. The fourth-order valence-electron chi connectivity index (χ4n) is 2.34. The van der Waals surface area contributed by atoms with Gasteiger partial charge in [-0.2, -0.15) is 10.2 Å². The summed E-state index contributed by atoms with van der Waals surface area (Å²) in [6.07, 6.45) is 0. The summed E-state index contributed by atoms with van der Waals surface area (Å²) in [6.45, 7) is 1.99. The summed E-state index contributed by atoms with van der Waals surface area (Å²) in [5.41, 5.74) is -0.392. The molecule has 0 N–H and O–H groups in total. The van der Waals surface area contributed by atoms with Crippen LogP contribution in [-0.2, 0) is 9.59 Å². The first kappa shape index (κ1) is 11.8. The topological polar surface area (TPSA) is 62.1 Å². The van der Waals surface area contributed by atoms with Crippen molar-refractivity contribution in [3.63, 3.8) is 0 Å². The maximum Gasteiger partial charge on any atom is 0.264 e. The van der Waals surface area contributed by atoms with Crippen LogP contribution in [0.1, 0.15) is 6.92 Å². The number of benzene rings is 1. The molecule has 6 heteroatoms. The van der Waals surface area contributed by atoms with Crippen LogP contribution in [0.25, 0.3) is 0 Å². The van der Waals surface area contributed by atoms with Crippen LogP contribution in [-0.4, -0.2) is 23.9 Å². The molecule has 2 atom stereocenters. The molecular formula is C12H10IN3O2. The van der Waals surface area contributed by atoms with Gasteiger partial charge in [-0.1, -0.05) is 0 Å². The zero-order valence-corrected chi connectivity index (χ0v) is 11.8. The Morgan fingerprint density at radius 1 is 1.33 bits per heavy atom. The third-order valence-corrected chi connectivity index (χ3v) is 4.18. The Labute approximate surface area is 117 Å². The minimum Gasteiger partial charge on any atom is -0.274 e. The lowest BCUT2D eigenvalue weighted by atomic mass is 9.90. The predicted molar refractivity (Wildman–Crippen MR) is 73.3 cm³/mol. The molecule has 0 radical (unpaired) electrons. The van der Waals surface area contributed by atoms with Crippen LogP contribution in [0.15, 0.2) is 34.5 Å². The predicted octanol–water partition coefficient (Wildman–Crippen LogP) is 2.01. The van der Waals surface area contributed by atoms with Crippen LogP contribution in [0.4, 0.5) is 5.69 Å². The Balaban J connectivity index is 2.04. The maximum atomic E-state index is 12.4. The van der Waals surface area contributed by atoms with Crippen molar-refractivity contribution in [3.8, 4) is 0 Å². The molecule has 0 bridgehead atoms. The van der Waals surface area contributed by atoms with Gasteiger partial charge in [-0.05, 0) is 53.8 Å². The van der Waals surface area contributed by atoms with Crippen molar-refractivity contribution in [2.24, 2.45) is 16.1 Å². The summed E-state index contributed by atoms with van der Waals surface area (Å²) in [7, 11) is 0. The van der Waals surface area contributed by atoms with Gasteiger partial charge >= 0.3 is 0 Å². The van der Waals surface area contributed by atoms with Crippen LogP contribution in [0.3, 0.4) is 0 Å². The van der Waals surface area contributed by atoms with E-state index in [-0.39, 0.29) is 11.8 Å². The van der Waals surface area contributed by atoms with E-state index in [1.807, 2.05) is 12.1 Å². The van der Waals surface area contributed by atoms with Crippen molar-refractivity contribution in [3.05, 3.63) is 27.8 Å². The third kappa shape index (κ3) is 1.44. The average molecular weight is 355 g/mol. The number of hydrogen-bond donors (Lipinski definition) is 0. The molecule has 5 nitrogen and oxygen atoms in total. The summed E-state index contributed by atoms with van der Waals surface area (Å²) in [5.74, 6) is -0.919. The number of carbonyl (C=O) groups is 2. The number of fused-ring (bicyclic) bond motifs is 1. The fourth-order valence-corrected chi connectivity index (χ4v) is 2.70. The zero-order chi connectivity index (χ0) is 12.9. The van der Waals surface area contributed by atoms with Crippen molar-refractivity contribution < 1.29 is 9.59 Å². The lowest BCUT2D eigenvalue weighted by Gasteiger charge is -2.16. The van der Waals surface area contributed by atoms with Gasteiger partial charge < -0.3 is 0 Å². The Hall–Kier alpha value is -1.31. The van der Waals surface area contributed by atoms with Crippen molar-refractivity contribution in [1.29, 1.82) is 0 Å². The normalized spacial score (nSPS) is 30.1. The molecule has 0 saturated carbocycles. The molecule has 1 saturated heterocycles. The second-order valence-electron chi connectivity index (χ2n) is 4.58. The van der Waals surface area contributed by atoms with E-state index in [9.17, 15) is 9.59 Å². The van der Waals surface area contributed by atoms with Gasteiger partial charge in [0.1, 0.15) is 0 Å². The second kappa shape index (κ2) is 3.84. The molecular weight excluding hydrogens is 345 g/mol. The van der Waals surface area contributed by atoms with E-state index in [4.69, 9.17) is 0 Å². The number of carbonyl (C=O) groups excluding carboxylic acids is 2. The Kier molecular flexibility index (Phi) is 2.51. The second-order valence-corrected chi connectivity index (χ2v) is 5.82. The van der Waals surface area contributed by atoms with Crippen LogP contribution < -0.4 is 4.90 Å². The molecule has 1 aromatic carbocycles. The number of amides is 2. The van der Waals surface area contributed by atoms with E-state index in [1.165, 1.54) is 4.90 Å². The summed E-state index contributed by atoms with van der Waals surface area (Å²) in [5, 5.41) is 7.80. The molecule has 2 aliphatic heterocycles. The first-order valence-corrected chi connectivity index (χ1v) is 6.64. The zero-order valence-electron chi connectivity index (χ0n) is 9.63. The molecule has 0 aliphatic carbocycles. The number of imide groups is 1. The van der Waals surface area contributed by atoms with E-state index in [2.05, 4.69) is 32.8 Å². The number of anilines is 1. The number of hydrogen-bond acceptors (Lipinski definition) is 4. The van der Waals surface area contributed by atoms with E-state index in [1.54, 1.807) is 19.1 Å². The number of halogens is 1. The Morgan fingerprint density at radius 2 is 2.00 bits per heavy atom. The van der Waals surface area contributed by atoms with Gasteiger partial charge in [0.15, 0.2) is 5.54 Å². The van der Waals surface area contributed by atoms with Crippen molar-refractivity contribution in [1.82, 2.24) is 0 Å². The SMILES string of the molecule is CC12N=NCC1C(=O)N(c1ccc(I)cc1)C2=O. The van der Waals surface area contributed by atoms with Gasteiger partial charge in [0, 0.05) is 3.57 Å². The molecule has 0 spiro atoms. The molecule has 2 unspecified atom stereocenters. The fraction of sp³-hybridized carbons (Fsp3) is 0.333. The smallest absolute Gasteiger partial charge is 0.264 e. The highest BCUT2D eigenvalue weighted by Gasteiger charge is 2.59. The molecule has 1 fully saturated rings. The molecule has 1 aromatic rings. The monoisotopic (exact) mass is 355 g/mol. The van der Waals surface area contributed by atoms with Gasteiger partial charge in [-0.25, -0.2) is 4.90 Å². The minimum atomic E-state index is -1.000. The first-order valence-electron chi connectivity index (χ1n) is 5.56. The molecule has 2 amide bonds.